The Morgan fingerprint density at radius 3 is 2.27 bits per heavy atom. The Hall–Kier alpha value is -5.55. The Morgan fingerprint density at radius 1 is 0.968 bits per heavy atom. The third-order valence-corrected chi connectivity index (χ3v) is 14.3. The van der Waals surface area contributed by atoms with Crippen molar-refractivity contribution in [3.63, 3.8) is 0 Å². The van der Waals surface area contributed by atoms with Crippen molar-refractivity contribution in [3.05, 3.63) is 76.2 Å². The molecule has 4 amide bonds. The Kier molecular flexibility index (Phi) is 11.6. The fraction of sp³-hybridized carbons (Fsp3) is 0.562. The van der Waals surface area contributed by atoms with Crippen LogP contribution in [0.4, 0.5) is 5.82 Å². The van der Waals surface area contributed by atoms with E-state index in [1.54, 1.807) is 23.4 Å². The average molecular weight is 845 g/mol. The summed E-state index contributed by atoms with van der Waals surface area (Å²) >= 11 is 0. The van der Waals surface area contributed by atoms with Gasteiger partial charge in [-0.2, -0.15) is 5.26 Å². The first-order valence-electron chi connectivity index (χ1n) is 22.2. The lowest BCUT2D eigenvalue weighted by molar-refractivity contribution is -0.164. The zero-order valence-electron chi connectivity index (χ0n) is 37.3. The van der Waals surface area contributed by atoms with Crippen LogP contribution in [0.15, 0.2) is 42.7 Å². The predicted molar refractivity (Wildman–Crippen MR) is 233 cm³/mol. The molecular weight excluding hydrogens is 785 g/mol. The molecule has 2 N–H and O–H groups in total. The van der Waals surface area contributed by atoms with Gasteiger partial charge in [-0.15, -0.1) is 0 Å². The van der Waals surface area contributed by atoms with Crippen molar-refractivity contribution in [1.29, 1.82) is 5.26 Å². The van der Waals surface area contributed by atoms with Gasteiger partial charge in [0.1, 0.15) is 41.3 Å². The summed E-state index contributed by atoms with van der Waals surface area (Å²) < 4.78 is 12.9. The van der Waals surface area contributed by atoms with Crippen LogP contribution in [0.3, 0.4) is 0 Å². The number of nitrogens with zero attached hydrogens (tertiary/aromatic N) is 6. The summed E-state index contributed by atoms with van der Waals surface area (Å²) in [6.45, 7) is 19.9. The number of fused-ring (bicyclic) bond motifs is 1. The number of rotatable bonds is 12. The first kappa shape index (κ1) is 43.1. The second-order valence-corrected chi connectivity index (χ2v) is 19.7. The summed E-state index contributed by atoms with van der Waals surface area (Å²) in [5.41, 5.74) is 3.45. The molecule has 62 heavy (non-hydrogen) atoms. The van der Waals surface area contributed by atoms with Gasteiger partial charge in [0.05, 0.1) is 24.0 Å². The molecule has 4 fully saturated rings. The first-order chi connectivity index (χ1) is 29.4. The number of imide groups is 1. The lowest BCUT2D eigenvalue weighted by Crippen LogP contribution is -2.74. The molecule has 0 radical (unpaired) electrons. The maximum absolute atomic E-state index is 13.5. The van der Waals surface area contributed by atoms with Crippen LogP contribution in [-0.2, 0) is 16.1 Å². The van der Waals surface area contributed by atoms with Gasteiger partial charge >= 0.3 is 0 Å². The molecule has 1 aromatic heterocycles. The summed E-state index contributed by atoms with van der Waals surface area (Å²) in [7, 11) is 0. The molecule has 3 aliphatic heterocycles. The minimum Gasteiger partial charge on any atom is -0.490 e. The Morgan fingerprint density at radius 2 is 1.66 bits per heavy atom. The minimum absolute atomic E-state index is 0.0968. The number of carbonyl (C=O) groups excluding carboxylic acids is 4. The molecule has 1 atom stereocenters. The third-order valence-electron chi connectivity index (χ3n) is 14.3. The number of hydrogen-bond donors (Lipinski definition) is 2. The van der Waals surface area contributed by atoms with Crippen LogP contribution < -0.4 is 25.0 Å². The maximum Gasteiger partial charge on any atom is 0.271 e. The van der Waals surface area contributed by atoms with Gasteiger partial charge in [0, 0.05) is 80.0 Å². The zero-order valence-corrected chi connectivity index (χ0v) is 37.3. The molecule has 4 heterocycles. The van der Waals surface area contributed by atoms with E-state index in [0.717, 1.165) is 79.3 Å². The molecule has 14 heteroatoms. The van der Waals surface area contributed by atoms with Gasteiger partial charge in [-0.05, 0) is 99.9 Å². The molecule has 14 nitrogen and oxygen atoms in total. The summed E-state index contributed by atoms with van der Waals surface area (Å²) in [6, 6.07) is 11.7. The topological polar surface area (TPSA) is 170 Å². The number of nitriles is 1. The highest BCUT2D eigenvalue weighted by molar-refractivity contribution is 6.05. The Labute approximate surface area is 364 Å². The van der Waals surface area contributed by atoms with E-state index in [1.807, 2.05) is 38.1 Å². The van der Waals surface area contributed by atoms with E-state index in [0.29, 0.717) is 42.1 Å². The maximum atomic E-state index is 13.5. The molecule has 0 unspecified atom stereocenters. The molecule has 0 bridgehead atoms. The van der Waals surface area contributed by atoms with E-state index in [-0.39, 0.29) is 58.9 Å². The van der Waals surface area contributed by atoms with Crippen LogP contribution in [0.25, 0.3) is 0 Å². The molecule has 3 aromatic rings. The largest absolute Gasteiger partial charge is 0.490 e. The van der Waals surface area contributed by atoms with Crippen molar-refractivity contribution in [2.24, 2.45) is 16.7 Å². The third kappa shape index (κ3) is 8.12. The van der Waals surface area contributed by atoms with Crippen LogP contribution in [-0.4, -0.2) is 99.4 Å². The van der Waals surface area contributed by atoms with Gasteiger partial charge in [-0.25, -0.2) is 9.97 Å². The van der Waals surface area contributed by atoms with Gasteiger partial charge in [-0.3, -0.25) is 29.4 Å². The molecule has 2 aromatic carbocycles. The highest BCUT2D eigenvalue weighted by Gasteiger charge is 2.64. The summed E-state index contributed by atoms with van der Waals surface area (Å²) in [6.07, 6.45) is 7.77. The molecule has 328 valence electrons. The number of aromatic nitrogens is 2. The number of ether oxygens (including phenoxy) is 2. The number of hydrogen-bond acceptors (Lipinski definition) is 11. The number of aryl methyl sites for hydroxylation is 2. The van der Waals surface area contributed by atoms with E-state index in [4.69, 9.17) is 14.5 Å². The number of benzene rings is 2. The molecule has 2 saturated heterocycles. The average Bonchev–Trinajstić information content (AvgIpc) is 3.54. The van der Waals surface area contributed by atoms with Gasteiger partial charge in [0.25, 0.3) is 11.8 Å². The highest BCUT2D eigenvalue weighted by atomic mass is 16.5. The molecule has 5 aliphatic rings. The molecule has 8 rings (SSSR count). The second-order valence-electron chi connectivity index (χ2n) is 19.7. The molecule has 2 saturated carbocycles. The SMILES string of the molecule is Cc1cc(OC2C(C)(C)C(NC(=O)c3cnc(N4CCC(CN(C(C)C)C5CC(Oc6ccc7c(c6)CN([C@@H]6CCC(=O)NC6=O)C7=O)C5)CC4)cn3)C2(C)C)cc(C)c1C#N. The van der Waals surface area contributed by atoms with Crippen molar-refractivity contribution < 1.29 is 28.7 Å². The minimum atomic E-state index is -0.633. The van der Waals surface area contributed by atoms with Gasteiger partial charge in [0.15, 0.2) is 0 Å². The highest BCUT2D eigenvalue weighted by Crippen LogP contribution is 2.55. The Bertz CT molecular complexity index is 2250. The monoisotopic (exact) mass is 844 g/mol. The quantitative estimate of drug-likeness (QED) is 0.209. The number of amides is 4. The molecule has 0 spiro atoms. The Balaban J connectivity index is 0.790. The van der Waals surface area contributed by atoms with E-state index in [1.165, 1.54) is 0 Å². The number of nitrogens with one attached hydrogen (secondary N) is 2. The van der Waals surface area contributed by atoms with Crippen LogP contribution in [0, 0.1) is 41.9 Å². The van der Waals surface area contributed by atoms with E-state index >= 15 is 0 Å². The van der Waals surface area contributed by atoms with Crippen molar-refractivity contribution in [2.45, 2.75) is 137 Å². The first-order valence-corrected chi connectivity index (χ1v) is 22.2. The standard InChI is InChI=1S/C48H60N8O6/c1-27(2)55(32-20-35(21-32)61-33-9-10-36-31(19-33)26-56(44(36)60)39-11-12-41(57)52-43(39)59)25-30-13-15-54(16-14-30)40-24-50-38(23-51-40)42(58)53-45-47(5,6)46(48(45,7)8)62-34-17-28(3)37(22-49)29(4)18-34/h9-10,17-19,23-24,27,30,32,35,39,45-46H,11-16,20-21,25-26H2,1-8H3,(H,53,58)(H,52,57,59)/t32?,35?,39-,45?,46?/m1/s1. The van der Waals surface area contributed by atoms with Crippen LogP contribution in [0.2, 0.25) is 0 Å². The van der Waals surface area contributed by atoms with Crippen molar-refractivity contribution >= 4 is 29.4 Å². The molecular formula is C48H60N8O6. The second kappa shape index (κ2) is 16.6. The normalized spacial score (nSPS) is 25.4. The van der Waals surface area contributed by atoms with E-state index in [9.17, 15) is 24.4 Å². The number of carbonyl (C=O) groups is 4. The van der Waals surface area contributed by atoms with Gasteiger partial charge < -0.3 is 24.6 Å². The summed E-state index contributed by atoms with van der Waals surface area (Å²) in [5.74, 6) is 1.67. The van der Waals surface area contributed by atoms with Crippen LogP contribution >= 0.6 is 0 Å². The van der Waals surface area contributed by atoms with E-state index in [2.05, 4.69) is 73.0 Å². The van der Waals surface area contributed by atoms with Crippen molar-refractivity contribution in [1.82, 2.24) is 30.4 Å². The predicted octanol–water partition coefficient (Wildman–Crippen LogP) is 5.87. The van der Waals surface area contributed by atoms with E-state index < -0.39 is 11.9 Å². The lowest BCUT2D eigenvalue weighted by Gasteiger charge is -2.63. The fourth-order valence-corrected chi connectivity index (χ4v) is 11.1. The van der Waals surface area contributed by atoms with Crippen molar-refractivity contribution in [2.75, 3.05) is 24.5 Å². The number of anilines is 1. The van der Waals surface area contributed by atoms with Crippen LogP contribution in [0.5, 0.6) is 11.5 Å². The molecule has 2 aliphatic carbocycles. The van der Waals surface area contributed by atoms with Gasteiger partial charge in [-0.1, -0.05) is 27.7 Å². The number of piperidine rings is 2. The van der Waals surface area contributed by atoms with Gasteiger partial charge in [0.2, 0.25) is 11.8 Å². The fourth-order valence-electron chi connectivity index (χ4n) is 11.1. The lowest BCUT2D eigenvalue weighted by atomic mass is 9.49. The zero-order chi connectivity index (χ0) is 44.2. The smallest absolute Gasteiger partial charge is 0.271 e. The van der Waals surface area contributed by atoms with Crippen LogP contribution in [0.1, 0.15) is 123 Å². The summed E-state index contributed by atoms with van der Waals surface area (Å²) in [5, 5.41) is 15.1. The van der Waals surface area contributed by atoms with Crippen molar-refractivity contribution in [3.8, 4) is 17.6 Å². The summed E-state index contributed by atoms with van der Waals surface area (Å²) in [4.78, 5) is 66.4.